The molecule has 0 saturated carbocycles. The number of anilines is 1. The molecule has 2 N–H and O–H groups in total. The molecule has 1 aromatic heterocycles. The Bertz CT molecular complexity index is 943. The Morgan fingerprint density at radius 1 is 1.04 bits per heavy atom. The number of amides is 1. The van der Waals surface area contributed by atoms with E-state index >= 15 is 0 Å². The molecule has 1 amide bonds. The highest BCUT2D eigenvalue weighted by molar-refractivity contribution is 5.92. The second kappa shape index (κ2) is 6.76. The van der Waals surface area contributed by atoms with Gasteiger partial charge in [-0.25, -0.2) is 23.1 Å². The number of hydrogen-bond donors (Lipinski definition) is 2. The Balaban J connectivity index is 2.08. The number of carbonyl (C=O) groups excluding carboxylic acids is 1. The number of fused-ring (bicyclic) bond motifs is 1. The summed E-state index contributed by atoms with van der Waals surface area (Å²) in [6, 6.07) is 6.33. The highest BCUT2D eigenvalue weighted by atomic mass is 19.2. The van der Waals surface area contributed by atoms with Crippen LogP contribution in [0.1, 0.15) is 11.6 Å². The molecule has 1 heterocycles. The number of rotatable bonds is 4. The van der Waals surface area contributed by atoms with E-state index in [2.05, 4.69) is 20.6 Å². The zero-order valence-corrected chi connectivity index (χ0v) is 13.1. The monoisotopic (exact) mass is 346 g/mol. The minimum absolute atomic E-state index is 0.0708. The first-order valence-corrected chi connectivity index (χ1v) is 7.33. The highest BCUT2D eigenvalue weighted by Gasteiger charge is 2.23. The number of nitrogens with one attached hydrogen (secondary N) is 2. The zero-order chi connectivity index (χ0) is 18.0. The molecule has 0 unspecified atom stereocenters. The molecule has 0 aliphatic heterocycles. The maximum atomic E-state index is 14.2. The number of benzene rings is 2. The maximum Gasteiger partial charge on any atom is 0.246 e. The summed E-state index contributed by atoms with van der Waals surface area (Å²) in [6.07, 6.45) is 1.22. The molecule has 1 atom stereocenters. The number of hydrogen-bond acceptors (Lipinski definition) is 4. The second-order valence-electron chi connectivity index (χ2n) is 5.22. The van der Waals surface area contributed by atoms with Crippen molar-refractivity contribution < 1.29 is 18.0 Å². The average molecular weight is 346 g/mol. The van der Waals surface area contributed by atoms with Crippen molar-refractivity contribution in [2.75, 3.05) is 12.4 Å². The van der Waals surface area contributed by atoms with Crippen molar-refractivity contribution in [2.24, 2.45) is 0 Å². The van der Waals surface area contributed by atoms with Crippen LogP contribution >= 0.6 is 0 Å². The molecule has 3 aromatic rings. The van der Waals surface area contributed by atoms with Gasteiger partial charge in [0.25, 0.3) is 0 Å². The van der Waals surface area contributed by atoms with Gasteiger partial charge < -0.3 is 10.6 Å². The first-order valence-electron chi connectivity index (χ1n) is 7.33. The van der Waals surface area contributed by atoms with Crippen LogP contribution in [0.25, 0.3) is 10.9 Å². The highest BCUT2D eigenvalue weighted by Crippen LogP contribution is 2.27. The van der Waals surface area contributed by atoms with Gasteiger partial charge in [-0.3, -0.25) is 4.79 Å². The van der Waals surface area contributed by atoms with Gasteiger partial charge in [0, 0.05) is 7.05 Å². The van der Waals surface area contributed by atoms with Crippen molar-refractivity contribution in [3.8, 4) is 0 Å². The number of nitrogens with zero attached hydrogens (tertiary/aromatic N) is 2. The molecule has 0 aliphatic rings. The van der Waals surface area contributed by atoms with Crippen molar-refractivity contribution >= 4 is 22.6 Å². The van der Waals surface area contributed by atoms with Gasteiger partial charge in [-0.1, -0.05) is 12.1 Å². The first kappa shape index (κ1) is 16.7. The summed E-state index contributed by atoms with van der Waals surface area (Å²) >= 11 is 0. The lowest BCUT2D eigenvalue weighted by Gasteiger charge is -2.19. The molecule has 25 heavy (non-hydrogen) atoms. The molecule has 0 spiro atoms. The first-order chi connectivity index (χ1) is 12.0. The van der Waals surface area contributed by atoms with Crippen LogP contribution in [-0.4, -0.2) is 22.9 Å². The lowest BCUT2D eigenvalue weighted by atomic mass is 10.1. The normalized spacial score (nSPS) is 12.0. The molecule has 128 valence electrons. The molecule has 0 bridgehead atoms. The summed E-state index contributed by atoms with van der Waals surface area (Å²) in [5, 5.41) is 5.31. The number of aromatic nitrogens is 2. The predicted molar refractivity (Wildman–Crippen MR) is 86.3 cm³/mol. The van der Waals surface area contributed by atoms with Gasteiger partial charge in [-0.2, -0.15) is 0 Å². The average Bonchev–Trinajstić information content (AvgIpc) is 2.61. The fraction of sp³-hybridized carbons (Fsp3) is 0.118. The van der Waals surface area contributed by atoms with Crippen LogP contribution in [0.2, 0.25) is 0 Å². The summed E-state index contributed by atoms with van der Waals surface area (Å²) in [5.41, 5.74) is 0.514. The van der Waals surface area contributed by atoms with Crippen molar-refractivity contribution in [3.63, 3.8) is 0 Å². The molecule has 8 heteroatoms. The van der Waals surface area contributed by atoms with Gasteiger partial charge in [-0.05, 0) is 29.8 Å². The second-order valence-corrected chi connectivity index (χ2v) is 5.22. The lowest BCUT2D eigenvalue weighted by Crippen LogP contribution is -2.31. The van der Waals surface area contributed by atoms with Crippen LogP contribution in [0.3, 0.4) is 0 Å². The minimum atomic E-state index is -1.10. The quantitative estimate of drug-likeness (QED) is 0.762. The van der Waals surface area contributed by atoms with E-state index in [9.17, 15) is 18.0 Å². The molecule has 5 nitrogen and oxygen atoms in total. The number of halogens is 3. The Morgan fingerprint density at radius 3 is 2.56 bits per heavy atom. The van der Waals surface area contributed by atoms with E-state index in [0.717, 1.165) is 12.1 Å². The molecular formula is C17H13F3N4O. The van der Waals surface area contributed by atoms with E-state index in [1.54, 1.807) is 6.07 Å². The lowest BCUT2D eigenvalue weighted by molar-refractivity contribution is -0.121. The van der Waals surface area contributed by atoms with E-state index in [-0.39, 0.29) is 16.8 Å². The van der Waals surface area contributed by atoms with Crippen molar-refractivity contribution in [3.05, 3.63) is 65.7 Å². The predicted octanol–water partition coefficient (Wildman–Crippen LogP) is 2.95. The third kappa shape index (κ3) is 3.23. The van der Waals surface area contributed by atoms with Gasteiger partial charge in [-0.15, -0.1) is 0 Å². The van der Waals surface area contributed by atoms with Gasteiger partial charge in [0.15, 0.2) is 11.6 Å². The third-order valence-corrected chi connectivity index (χ3v) is 3.68. The van der Waals surface area contributed by atoms with Crippen LogP contribution in [0, 0.1) is 17.5 Å². The zero-order valence-electron chi connectivity index (χ0n) is 13.1. The standard InChI is InChI=1S/C17H13F3N4O/c1-21-17(25)15(9-5-6-10(18)12(20)7-9)24-16-14-11(19)3-2-4-13(14)22-8-23-16/h2-8,15H,1H3,(H,21,25)(H,22,23,24)/t15-/m0/s1. The maximum absolute atomic E-state index is 14.2. The fourth-order valence-corrected chi connectivity index (χ4v) is 2.45. The van der Waals surface area contributed by atoms with E-state index in [1.807, 2.05) is 0 Å². The van der Waals surface area contributed by atoms with E-state index in [0.29, 0.717) is 5.52 Å². The minimum Gasteiger partial charge on any atom is -0.357 e. The summed E-state index contributed by atoms with van der Waals surface area (Å²) in [7, 11) is 1.40. The Morgan fingerprint density at radius 2 is 1.84 bits per heavy atom. The van der Waals surface area contributed by atoms with Crippen molar-refractivity contribution in [1.29, 1.82) is 0 Å². The molecule has 0 fully saturated rings. The van der Waals surface area contributed by atoms with Crippen LogP contribution < -0.4 is 10.6 Å². The van der Waals surface area contributed by atoms with Crippen molar-refractivity contribution in [2.45, 2.75) is 6.04 Å². The molecule has 0 radical (unpaired) electrons. The van der Waals surface area contributed by atoms with E-state index < -0.39 is 29.4 Å². The molecular weight excluding hydrogens is 333 g/mol. The summed E-state index contributed by atoms with van der Waals surface area (Å²) in [6.45, 7) is 0. The van der Waals surface area contributed by atoms with Crippen LogP contribution in [0.4, 0.5) is 19.0 Å². The summed E-state index contributed by atoms with van der Waals surface area (Å²) in [4.78, 5) is 20.2. The Hall–Kier alpha value is -3.16. The van der Waals surface area contributed by atoms with Crippen LogP contribution in [-0.2, 0) is 4.79 Å². The summed E-state index contributed by atoms with van der Waals surface area (Å²) < 4.78 is 40.9. The fourth-order valence-electron chi connectivity index (χ4n) is 2.45. The third-order valence-electron chi connectivity index (χ3n) is 3.68. The van der Waals surface area contributed by atoms with E-state index in [1.165, 1.54) is 31.6 Å². The summed E-state index contributed by atoms with van der Waals surface area (Å²) in [5.74, 6) is -3.14. The Labute approximate surface area is 140 Å². The van der Waals surface area contributed by atoms with Crippen LogP contribution in [0.5, 0.6) is 0 Å². The molecule has 3 rings (SSSR count). The van der Waals surface area contributed by atoms with Crippen LogP contribution in [0.15, 0.2) is 42.7 Å². The molecule has 0 aliphatic carbocycles. The largest absolute Gasteiger partial charge is 0.357 e. The molecule has 0 saturated heterocycles. The van der Waals surface area contributed by atoms with E-state index in [4.69, 9.17) is 0 Å². The van der Waals surface area contributed by atoms with Gasteiger partial charge in [0.2, 0.25) is 5.91 Å². The SMILES string of the molecule is CNC(=O)[C@@H](Nc1ncnc2cccc(F)c12)c1ccc(F)c(F)c1. The Kier molecular flexibility index (Phi) is 4.51. The van der Waals surface area contributed by atoms with Gasteiger partial charge in [0.1, 0.15) is 24.0 Å². The number of carbonyl (C=O) groups is 1. The van der Waals surface area contributed by atoms with Gasteiger partial charge in [0.05, 0.1) is 10.9 Å². The smallest absolute Gasteiger partial charge is 0.246 e. The molecule has 2 aromatic carbocycles. The van der Waals surface area contributed by atoms with Crippen molar-refractivity contribution in [1.82, 2.24) is 15.3 Å². The number of likely N-dealkylation sites (N-methyl/N-ethyl adjacent to an activating group) is 1. The van der Waals surface area contributed by atoms with Gasteiger partial charge >= 0.3 is 0 Å². The topological polar surface area (TPSA) is 66.9 Å².